The summed E-state index contributed by atoms with van der Waals surface area (Å²) < 4.78 is 7.88. The summed E-state index contributed by atoms with van der Waals surface area (Å²) in [7, 11) is 2.02. The molecule has 0 aliphatic carbocycles. The lowest BCUT2D eigenvalue weighted by atomic mass is 10.2. The molecule has 96 valence electrons. The molecule has 1 heterocycles. The van der Waals surface area contributed by atoms with Gasteiger partial charge in [0.05, 0.1) is 5.52 Å². The van der Waals surface area contributed by atoms with Gasteiger partial charge in [-0.25, -0.2) is 0 Å². The molecule has 0 atom stereocenters. The van der Waals surface area contributed by atoms with Crippen molar-refractivity contribution >= 4 is 16.6 Å². The van der Waals surface area contributed by atoms with Crippen molar-refractivity contribution in [3.05, 3.63) is 60.3 Å². The molecule has 0 aliphatic rings. The van der Waals surface area contributed by atoms with E-state index in [4.69, 9.17) is 10.5 Å². The number of hydrogen-bond acceptors (Lipinski definition) is 2. The van der Waals surface area contributed by atoms with Crippen molar-refractivity contribution in [2.75, 3.05) is 5.73 Å². The molecule has 0 radical (unpaired) electrons. The lowest BCUT2D eigenvalue weighted by molar-refractivity contribution is 0.307. The maximum Gasteiger partial charge on any atom is 0.119 e. The first-order chi connectivity index (χ1) is 9.24. The quantitative estimate of drug-likeness (QED) is 0.726. The minimum atomic E-state index is 0.561. The highest BCUT2D eigenvalue weighted by Crippen LogP contribution is 2.24. The summed E-state index contributed by atoms with van der Waals surface area (Å²) in [5.74, 6) is 0.884. The Morgan fingerprint density at radius 1 is 1.11 bits per heavy atom. The summed E-state index contributed by atoms with van der Waals surface area (Å²) >= 11 is 0. The van der Waals surface area contributed by atoms with Crippen LogP contribution in [-0.4, -0.2) is 4.57 Å². The highest BCUT2D eigenvalue weighted by atomic mass is 16.5. The molecule has 1 aromatic heterocycles. The molecule has 3 aromatic rings. The first-order valence-electron chi connectivity index (χ1n) is 6.25. The van der Waals surface area contributed by atoms with E-state index in [1.54, 1.807) is 0 Å². The number of nitrogen functional groups attached to an aromatic ring is 1. The molecule has 0 aliphatic heterocycles. The largest absolute Gasteiger partial charge is 0.489 e. The van der Waals surface area contributed by atoms with E-state index in [0.717, 1.165) is 17.0 Å². The number of aryl methyl sites for hydroxylation is 1. The summed E-state index contributed by atoms with van der Waals surface area (Å²) in [5, 5.41) is 1.19. The molecule has 0 fully saturated rings. The zero-order valence-electron chi connectivity index (χ0n) is 10.8. The van der Waals surface area contributed by atoms with E-state index in [1.165, 1.54) is 10.9 Å². The Labute approximate surface area is 112 Å². The Morgan fingerprint density at radius 3 is 2.68 bits per heavy atom. The SMILES string of the molecule is Cn1cc(COc2ccccc2)c2ccc(N)cc21. The second-order valence-corrected chi connectivity index (χ2v) is 4.64. The fraction of sp³-hybridized carbons (Fsp3) is 0.125. The van der Waals surface area contributed by atoms with Crippen molar-refractivity contribution in [1.82, 2.24) is 4.57 Å². The minimum absolute atomic E-state index is 0.561. The van der Waals surface area contributed by atoms with Gasteiger partial charge in [-0.3, -0.25) is 0 Å². The second-order valence-electron chi connectivity index (χ2n) is 4.64. The minimum Gasteiger partial charge on any atom is -0.489 e. The van der Waals surface area contributed by atoms with Crippen molar-refractivity contribution in [3.63, 3.8) is 0 Å². The Kier molecular flexibility index (Phi) is 2.88. The first kappa shape index (κ1) is 11.7. The molecule has 2 N–H and O–H groups in total. The standard InChI is InChI=1S/C16H16N2O/c1-18-10-12(11-19-14-5-3-2-4-6-14)15-8-7-13(17)9-16(15)18/h2-10H,11,17H2,1H3. The van der Waals surface area contributed by atoms with Crippen molar-refractivity contribution in [2.45, 2.75) is 6.61 Å². The van der Waals surface area contributed by atoms with Crippen LogP contribution in [0.4, 0.5) is 5.69 Å². The number of rotatable bonds is 3. The number of hydrogen-bond donors (Lipinski definition) is 1. The van der Waals surface area contributed by atoms with Crippen molar-refractivity contribution in [3.8, 4) is 5.75 Å². The van der Waals surface area contributed by atoms with Gasteiger partial charge in [0, 0.05) is 29.9 Å². The fourth-order valence-corrected chi connectivity index (χ4v) is 2.28. The molecule has 2 aromatic carbocycles. The van der Waals surface area contributed by atoms with Crippen LogP contribution >= 0.6 is 0 Å². The smallest absolute Gasteiger partial charge is 0.119 e. The van der Waals surface area contributed by atoms with E-state index in [2.05, 4.69) is 10.8 Å². The third-order valence-corrected chi connectivity index (χ3v) is 3.23. The number of nitrogens with two attached hydrogens (primary N) is 1. The van der Waals surface area contributed by atoms with E-state index < -0.39 is 0 Å². The Hall–Kier alpha value is -2.42. The second kappa shape index (κ2) is 4.69. The average molecular weight is 252 g/mol. The number of ether oxygens (including phenoxy) is 1. The van der Waals surface area contributed by atoms with E-state index in [9.17, 15) is 0 Å². The van der Waals surface area contributed by atoms with Gasteiger partial charge < -0.3 is 15.0 Å². The van der Waals surface area contributed by atoms with Gasteiger partial charge in [-0.15, -0.1) is 0 Å². The molecule has 0 unspecified atom stereocenters. The molecule has 3 nitrogen and oxygen atoms in total. The monoisotopic (exact) mass is 252 g/mol. The highest BCUT2D eigenvalue weighted by molar-refractivity contribution is 5.86. The van der Waals surface area contributed by atoms with Gasteiger partial charge in [0.15, 0.2) is 0 Å². The fourth-order valence-electron chi connectivity index (χ4n) is 2.28. The summed E-state index contributed by atoms with van der Waals surface area (Å²) in [6.45, 7) is 0.561. The zero-order valence-corrected chi connectivity index (χ0v) is 10.8. The Morgan fingerprint density at radius 2 is 1.89 bits per heavy atom. The number of para-hydroxylation sites is 1. The molecule has 0 amide bonds. The first-order valence-corrected chi connectivity index (χ1v) is 6.25. The highest BCUT2D eigenvalue weighted by Gasteiger charge is 2.07. The van der Waals surface area contributed by atoms with Crippen LogP contribution in [0.2, 0.25) is 0 Å². The van der Waals surface area contributed by atoms with Crippen LogP contribution in [0.25, 0.3) is 10.9 Å². The maximum atomic E-state index is 5.82. The third kappa shape index (κ3) is 2.27. The average Bonchev–Trinajstić information content (AvgIpc) is 2.74. The van der Waals surface area contributed by atoms with Crippen LogP contribution in [0.1, 0.15) is 5.56 Å². The summed E-state index contributed by atoms with van der Waals surface area (Å²) in [6, 6.07) is 15.8. The van der Waals surface area contributed by atoms with Crippen LogP contribution in [0.3, 0.4) is 0 Å². The summed E-state index contributed by atoms with van der Waals surface area (Å²) in [5.41, 5.74) is 8.90. The maximum absolute atomic E-state index is 5.82. The molecule has 19 heavy (non-hydrogen) atoms. The zero-order chi connectivity index (χ0) is 13.2. The predicted octanol–water partition coefficient (Wildman–Crippen LogP) is 3.34. The van der Waals surface area contributed by atoms with Crippen molar-refractivity contribution < 1.29 is 4.74 Å². The van der Waals surface area contributed by atoms with E-state index in [0.29, 0.717) is 6.61 Å². The molecular weight excluding hydrogens is 236 g/mol. The van der Waals surface area contributed by atoms with Crippen LogP contribution in [0, 0.1) is 0 Å². The van der Waals surface area contributed by atoms with Gasteiger partial charge in [0.1, 0.15) is 12.4 Å². The van der Waals surface area contributed by atoms with Crippen molar-refractivity contribution in [1.29, 1.82) is 0 Å². The normalized spacial score (nSPS) is 10.8. The molecule has 3 heteroatoms. The summed E-state index contributed by atoms with van der Waals surface area (Å²) in [6.07, 6.45) is 2.09. The Bertz CT molecular complexity index is 701. The van der Waals surface area contributed by atoms with E-state index in [-0.39, 0.29) is 0 Å². The topological polar surface area (TPSA) is 40.2 Å². The molecule has 0 spiro atoms. The number of fused-ring (bicyclic) bond motifs is 1. The number of anilines is 1. The number of aromatic nitrogens is 1. The summed E-state index contributed by atoms with van der Waals surface area (Å²) in [4.78, 5) is 0. The van der Waals surface area contributed by atoms with Crippen LogP contribution in [0.15, 0.2) is 54.7 Å². The van der Waals surface area contributed by atoms with Crippen LogP contribution in [0.5, 0.6) is 5.75 Å². The lowest BCUT2D eigenvalue weighted by Crippen LogP contribution is -1.94. The Balaban J connectivity index is 1.89. The molecule has 3 rings (SSSR count). The number of benzene rings is 2. The van der Waals surface area contributed by atoms with Gasteiger partial charge in [-0.2, -0.15) is 0 Å². The molecule has 0 bridgehead atoms. The van der Waals surface area contributed by atoms with Gasteiger partial charge in [-0.1, -0.05) is 24.3 Å². The predicted molar refractivity (Wildman–Crippen MR) is 78.1 cm³/mol. The van der Waals surface area contributed by atoms with Crippen LogP contribution < -0.4 is 10.5 Å². The van der Waals surface area contributed by atoms with Crippen LogP contribution in [-0.2, 0) is 13.7 Å². The molecule has 0 saturated carbocycles. The molecular formula is C16H16N2O. The lowest BCUT2D eigenvalue weighted by Gasteiger charge is -2.04. The van der Waals surface area contributed by atoms with Gasteiger partial charge >= 0.3 is 0 Å². The van der Waals surface area contributed by atoms with Gasteiger partial charge in [0.25, 0.3) is 0 Å². The van der Waals surface area contributed by atoms with E-state index in [1.807, 2.05) is 55.6 Å². The van der Waals surface area contributed by atoms with E-state index >= 15 is 0 Å². The van der Waals surface area contributed by atoms with Gasteiger partial charge in [-0.05, 0) is 24.3 Å². The number of nitrogens with zero attached hydrogens (tertiary/aromatic N) is 1. The van der Waals surface area contributed by atoms with Gasteiger partial charge in [0.2, 0.25) is 0 Å². The molecule has 0 saturated heterocycles. The third-order valence-electron chi connectivity index (χ3n) is 3.23. The van der Waals surface area contributed by atoms with Crippen molar-refractivity contribution in [2.24, 2.45) is 7.05 Å².